The second kappa shape index (κ2) is 9.50. The number of nitrogens with one attached hydrogen (secondary N) is 1. The van der Waals surface area contributed by atoms with Crippen LogP contribution in [0.2, 0.25) is 0 Å². The Labute approximate surface area is 161 Å². The van der Waals surface area contributed by atoms with Crippen molar-refractivity contribution in [1.29, 1.82) is 0 Å². The van der Waals surface area contributed by atoms with Gasteiger partial charge in [0.25, 0.3) is 5.56 Å². The van der Waals surface area contributed by atoms with Crippen molar-refractivity contribution in [3.8, 4) is 0 Å². The van der Waals surface area contributed by atoms with Gasteiger partial charge in [-0.1, -0.05) is 31.2 Å². The number of carboxylic acid groups (broad SMARTS) is 1. The molecular weight excluding hydrogens is 368 g/mol. The van der Waals surface area contributed by atoms with Crippen molar-refractivity contribution in [2.24, 2.45) is 5.92 Å². The van der Waals surface area contributed by atoms with Crippen molar-refractivity contribution in [3.05, 3.63) is 34.6 Å². The maximum atomic E-state index is 12.8. The summed E-state index contributed by atoms with van der Waals surface area (Å²) in [5, 5.41) is 22.1. The summed E-state index contributed by atoms with van der Waals surface area (Å²) in [7, 11) is 0. The predicted octanol–water partition coefficient (Wildman–Crippen LogP) is 0.367. The second-order valence-electron chi connectivity index (χ2n) is 6.66. The Balaban J connectivity index is 2.37. The molecule has 0 aliphatic carbocycles. The zero-order chi connectivity index (χ0) is 20.0. The summed E-state index contributed by atoms with van der Waals surface area (Å²) in [5.41, 5.74) is 0.00514. The van der Waals surface area contributed by atoms with Crippen LogP contribution in [-0.4, -0.2) is 44.9 Å². The lowest BCUT2D eigenvalue weighted by Crippen LogP contribution is -2.51. The average Bonchev–Trinajstić information content (AvgIpc) is 2.63. The van der Waals surface area contributed by atoms with Crippen LogP contribution in [0.3, 0.4) is 0 Å². The number of aliphatic carboxylic acids is 1. The normalized spacial score (nSPS) is 13.5. The van der Waals surface area contributed by atoms with Gasteiger partial charge >= 0.3 is 0 Å². The number of amides is 1. The van der Waals surface area contributed by atoms with Crippen molar-refractivity contribution in [3.63, 3.8) is 0 Å². The molecule has 0 spiro atoms. The minimum Gasteiger partial charge on any atom is -0.548 e. The Morgan fingerprint density at radius 1 is 1.30 bits per heavy atom. The third-order valence-corrected chi connectivity index (χ3v) is 4.74. The van der Waals surface area contributed by atoms with Gasteiger partial charge in [-0.05, 0) is 42.9 Å². The van der Waals surface area contributed by atoms with Crippen LogP contribution in [0.4, 0.5) is 0 Å². The second-order valence-corrected chi connectivity index (χ2v) is 7.65. The van der Waals surface area contributed by atoms with E-state index in [1.54, 1.807) is 24.3 Å². The molecule has 2 aromatic rings. The number of nitrogens with zero attached hydrogens (tertiary/aromatic N) is 3. The van der Waals surface area contributed by atoms with Gasteiger partial charge in [-0.25, -0.2) is 0 Å². The Morgan fingerprint density at radius 2 is 2.00 bits per heavy atom. The molecule has 0 saturated heterocycles. The molecule has 0 bridgehead atoms. The third kappa shape index (κ3) is 5.29. The molecule has 9 heteroatoms. The number of benzene rings is 1. The zero-order valence-corrected chi connectivity index (χ0v) is 16.4. The molecule has 0 saturated carbocycles. The standard InChI is InChI=1S/C18H24N4O4S/c1-11(2)10-15(16(23)19-14(18(25)26)8-9-27-3)22-17(24)12-6-4-5-7-13(12)20-21-22/h4-7,11,14-15H,8-10H2,1-3H3,(H,19,23)(H,25,26)/p-1/t14-,15-/m0/s1. The lowest BCUT2D eigenvalue weighted by molar-refractivity contribution is -0.308. The topological polar surface area (TPSA) is 117 Å². The molecule has 0 unspecified atom stereocenters. The minimum absolute atomic E-state index is 0.0773. The zero-order valence-electron chi connectivity index (χ0n) is 15.5. The first kappa shape index (κ1) is 20.9. The lowest BCUT2D eigenvalue weighted by Gasteiger charge is -2.24. The minimum atomic E-state index is -1.35. The number of aromatic nitrogens is 3. The first-order valence-corrected chi connectivity index (χ1v) is 10.1. The van der Waals surface area contributed by atoms with Crippen LogP contribution in [0.25, 0.3) is 10.9 Å². The fourth-order valence-electron chi connectivity index (χ4n) is 2.72. The van der Waals surface area contributed by atoms with E-state index in [1.165, 1.54) is 11.8 Å². The van der Waals surface area contributed by atoms with E-state index in [2.05, 4.69) is 15.6 Å². The van der Waals surface area contributed by atoms with E-state index in [-0.39, 0.29) is 12.3 Å². The highest BCUT2D eigenvalue weighted by atomic mass is 32.2. The van der Waals surface area contributed by atoms with Gasteiger partial charge in [-0.2, -0.15) is 16.4 Å². The highest BCUT2D eigenvalue weighted by molar-refractivity contribution is 7.98. The van der Waals surface area contributed by atoms with Gasteiger partial charge in [-0.15, -0.1) is 5.10 Å². The molecule has 1 N–H and O–H groups in total. The van der Waals surface area contributed by atoms with Gasteiger partial charge in [0.2, 0.25) is 5.91 Å². The molecule has 27 heavy (non-hydrogen) atoms. The number of carbonyl (C=O) groups is 2. The Morgan fingerprint density at radius 3 is 2.63 bits per heavy atom. The lowest BCUT2D eigenvalue weighted by atomic mass is 10.0. The number of fused-ring (bicyclic) bond motifs is 1. The number of carbonyl (C=O) groups excluding carboxylic acids is 2. The van der Waals surface area contributed by atoms with E-state index in [9.17, 15) is 19.5 Å². The molecule has 0 radical (unpaired) electrons. The van der Waals surface area contributed by atoms with Crippen LogP contribution in [0.1, 0.15) is 32.7 Å². The molecule has 1 aromatic heterocycles. The van der Waals surface area contributed by atoms with Gasteiger partial charge in [0, 0.05) is 0 Å². The Bertz CT molecular complexity index is 868. The molecule has 1 amide bonds. The number of carboxylic acids is 1. The number of thioether (sulfide) groups is 1. The predicted molar refractivity (Wildman–Crippen MR) is 102 cm³/mol. The largest absolute Gasteiger partial charge is 0.548 e. The van der Waals surface area contributed by atoms with Crippen molar-refractivity contribution in [2.45, 2.75) is 38.8 Å². The molecule has 0 aliphatic heterocycles. The monoisotopic (exact) mass is 391 g/mol. The van der Waals surface area contributed by atoms with Crippen LogP contribution < -0.4 is 16.0 Å². The number of hydrogen-bond acceptors (Lipinski definition) is 7. The molecule has 2 rings (SSSR count). The third-order valence-electron chi connectivity index (χ3n) is 4.10. The summed E-state index contributed by atoms with van der Waals surface area (Å²) in [6.45, 7) is 3.81. The molecular formula is C18H23N4O4S-. The van der Waals surface area contributed by atoms with Gasteiger partial charge in [0.05, 0.1) is 17.4 Å². The van der Waals surface area contributed by atoms with Crippen LogP contribution in [0.15, 0.2) is 29.1 Å². The van der Waals surface area contributed by atoms with Gasteiger partial charge < -0.3 is 15.2 Å². The molecule has 146 valence electrons. The van der Waals surface area contributed by atoms with Crippen LogP contribution in [0, 0.1) is 5.92 Å². The maximum Gasteiger partial charge on any atom is 0.278 e. The SMILES string of the molecule is CSCC[C@H](NC(=O)[C@H](CC(C)C)n1nnc2ccccc2c1=O)C(=O)[O-]. The van der Waals surface area contributed by atoms with Crippen molar-refractivity contribution in [1.82, 2.24) is 20.3 Å². The Kier molecular flexibility index (Phi) is 7.35. The summed E-state index contributed by atoms with van der Waals surface area (Å²) in [6.07, 6.45) is 2.41. The summed E-state index contributed by atoms with van der Waals surface area (Å²) < 4.78 is 1.04. The van der Waals surface area contributed by atoms with E-state index < -0.39 is 29.5 Å². The highest BCUT2D eigenvalue weighted by Crippen LogP contribution is 2.17. The summed E-state index contributed by atoms with van der Waals surface area (Å²) in [6, 6.07) is 4.67. The number of rotatable bonds is 9. The quantitative estimate of drug-likeness (QED) is 0.656. The van der Waals surface area contributed by atoms with Crippen molar-refractivity contribution >= 4 is 34.5 Å². The summed E-state index contributed by atoms with van der Waals surface area (Å²) >= 11 is 1.47. The average molecular weight is 391 g/mol. The van der Waals surface area contributed by atoms with Crippen LogP contribution >= 0.6 is 11.8 Å². The summed E-state index contributed by atoms with van der Waals surface area (Å²) in [5.74, 6) is -1.29. The van der Waals surface area contributed by atoms with Gasteiger partial charge in [0.15, 0.2) is 0 Å². The highest BCUT2D eigenvalue weighted by Gasteiger charge is 2.27. The first-order chi connectivity index (χ1) is 12.8. The van der Waals surface area contributed by atoms with E-state index >= 15 is 0 Å². The van der Waals surface area contributed by atoms with Crippen LogP contribution in [0.5, 0.6) is 0 Å². The molecule has 2 atom stereocenters. The maximum absolute atomic E-state index is 12.8. The van der Waals surface area contributed by atoms with Gasteiger partial charge in [-0.3, -0.25) is 9.59 Å². The molecule has 0 aliphatic rings. The van der Waals surface area contributed by atoms with Gasteiger partial charge in [0.1, 0.15) is 11.6 Å². The van der Waals surface area contributed by atoms with E-state index in [0.717, 1.165) is 4.68 Å². The van der Waals surface area contributed by atoms with Crippen LogP contribution in [-0.2, 0) is 9.59 Å². The molecule has 0 fully saturated rings. The fraction of sp³-hybridized carbons (Fsp3) is 0.500. The molecule has 1 aromatic carbocycles. The smallest absolute Gasteiger partial charge is 0.278 e. The Hall–Kier alpha value is -2.42. The van der Waals surface area contributed by atoms with E-state index in [4.69, 9.17) is 0 Å². The van der Waals surface area contributed by atoms with E-state index in [0.29, 0.717) is 23.1 Å². The van der Waals surface area contributed by atoms with E-state index in [1.807, 2.05) is 20.1 Å². The molecule has 1 heterocycles. The molecule has 8 nitrogen and oxygen atoms in total. The van der Waals surface area contributed by atoms with Crippen molar-refractivity contribution in [2.75, 3.05) is 12.0 Å². The fourth-order valence-corrected chi connectivity index (χ4v) is 3.19. The first-order valence-electron chi connectivity index (χ1n) is 8.69. The summed E-state index contributed by atoms with van der Waals surface area (Å²) in [4.78, 5) is 36.9. The number of hydrogen-bond donors (Lipinski definition) is 1. The van der Waals surface area contributed by atoms with Crippen molar-refractivity contribution < 1.29 is 14.7 Å².